The van der Waals surface area contributed by atoms with E-state index in [1.807, 2.05) is 36.5 Å². The van der Waals surface area contributed by atoms with Crippen molar-refractivity contribution in [2.24, 2.45) is 11.8 Å². The molecule has 2 heterocycles. The number of hydrogen-bond donors (Lipinski definition) is 1. The van der Waals surface area contributed by atoms with Gasteiger partial charge >= 0.3 is 0 Å². The van der Waals surface area contributed by atoms with Crippen molar-refractivity contribution in [3.05, 3.63) is 72.1 Å². The third-order valence-corrected chi connectivity index (χ3v) is 8.77. The molecule has 1 saturated carbocycles. The van der Waals surface area contributed by atoms with E-state index in [0.29, 0.717) is 11.3 Å². The van der Waals surface area contributed by atoms with Crippen LogP contribution in [0.15, 0.2) is 65.8 Å². The van der Waals surface area contributed by atoms with Crippen molar-refractivity contribution in [3.63, 3.8) is 0 Å². The maximum absolute atomic E-state index is 12.8. The Morgan fingerprint density at radius 1 is 1.00 bits per heavy atom. The van der Waals surface area contributed by atoms with E-state index in [2.05, 4.69) is 16.4 Å². The number of pyridine rings is 1. The third-order valence-electron chi connectivity index (χ3n) is 6.87. The number of carbonyl (C=O) groups excluding carboxylic acids is 1. The van der Waals surface area contributed by atoms with Crippen LogP contribution in [0.4, 0.5) is 0 Å². The maximum atomic E-state index is 12.8. The van der Waals surface area contributed by atoms with Crippen LogP contribution in [0.2, 0.25) is 0 Å². The van der Waals surface area contributed by atoms with Gasteiger partial charge in [-0.15, -0.1) is 0 Å². The van der Waals surface area contributed by atoms with Crippen LogP contribution < -0.4 is 5.32 Å². The normalized spacial score (nSPS) is 21.5. The first-order valence-electron chi connectivity index (χ1n) is 11.4. The van der Waals surface area contributed by atoms with Crippen LogP contribution in [-0.2, 0) is 21.1 Å². The Bertz CT molecular complexity index is 1230. The zero-order valence-electron chi connectivity index (χ0n) is 18.0. The fourth-order valence-electron chi connectivity index (χ4n) is 4.87. The topological polar surface area (TPSA) is 76.1 Å². The largest absolute Gasteiger partial charge is 0.317 e. The molecule has 1 saturated heterocycles. The first-order chi connectivity index (χ1) is 15.5. The highest BCUT2D eigenvalue weighted by atomic mass is 32.2. The summed E-state index contributed by atoms with van der Waals surface area (Å²) in [5, 5.41) is 5.45. The number of aromatic nitrogens is 1. The molecule has 2 aromatic carbocycles. The number of rotatable bonds is 7. The Balaban J connectivity index is 1.21. The molecule has 5 nitrogen and oxygen atoms in total. The quantitative estimate of drug-likeness (QED) is 0.593. The first-order valence-corrected chi connectivity index (χ1v) is 13.0. The molecule has 1 N–H and O–H groups in total. The smallest absolute Gasteiger partial charge is 0.178 e. The van der Waals surface area contributed by atoms with Crippen LogP contribution in [0.1, 0.15) is 36.3 Å². The predicted octanol–water partition coefficient (Wildman–Crippen LogP) is 3.92. The predicted molar refractivity (Wildman–Crippen MR) is 125 cm³/mol. The third kappa shape index (κ3) is 4.62. The van der Waals surface area contributed by atoms with Crippen LogP contribution in [0.3, 0.4) is 0 Å². The number of sulfone groups is 1. The van der Waals surface area contributed by atoms with Crippen molar-refractivity contribution in [1.82, 2.24) is 10.3 Å². The molecule has 32 heavy (non-hydrogen) atoms. The lowest BCUT2D eigenvalue weighted by Gasteiger charge is -2.22. The molecular weight excluding hydrogens is 420 g/mol. The molecule has 3 aromatic rings. The van der Waals surface area contributed by atoms with E-state index in [1.165, 1.54) is 0 Å². The van der Waals surface area contributed by atoms with E-state index in [0.717, 1.165) is 54.3 Å². The lowest BCUT2D eigenvalue weighted by molar-refractivity contribution is -0.119. The molecule has 2 unspecified atom stereocenters. The van der Waals surface area contributed by atoms with E-state index in [9.17, 15) is 13.2 Å². The lowest BCUT2D eigenvalue weighted by atomic mass is 10.0. The average molecular weight is 449 g/mol. The number of nitrogens with one attached hydrogen (secondary N) is 1. The molecule has 166 valence electrons. The highest BCUT2D eigenvalue weighted by molar-refractivity contribution is 7.91. The maximum Gasteiger partial charge on any atom is 0.178 e. The molecular formula is C26H28N2O3S. The second-order valence-corrected chi connectivity index (χ2v) is 11.2. The molecule has 0 spiro atoms. The summed E-state index contributed by atoms with van der Waals surface area (Å²) in [6, 6.07) is 15.3. The Labute approximate surface area is 189 Å². The molecule has 1 aromatic heterocycles. The van der Waals surface area contributed by atoms with Gasteiger partial charge in [0.05, 0.1) is 10.6 Å². The van der Waals surface area contributed by atoms with Gasteiger partial charge in [-0.05, 0) is 78.9 Å². The average Bonchev–Trinajstić information content (AvgIpc) is 3.61. The van der Waals surface area contributed by atoms with Crippen molar-refractivity contribution in [2.75, 3.05) is 18.8 Å². The SMILES string of the molecule is O=C(Cc1ccc2cnccc2c1)C1CC1c1ccc(S(=O)(=O)CC2CCNCC2)cc1. The fourth-order valence-corrected chi connectivity index (χ4v) is 6.57. The van der Waals surface area contributed by atoms with E-state index < -0.39 is 9.84 Å². The standard InChI is InChI=1S/C26H28N2O3S/c29-26(14-19-1-2-22-16-28-12-9-21(22)13-19)25-15-24(25)20-3-5-23(6-4-20)32(30,31)17-18-7-10-27-11-8-18/h1-6,9,12-13,16,18,24-25,27H,7-8,10-11,14-15,17H2. The summed E-state index contributed by atoms with van der Waals surface area (Å²) in [6.45, 7) is 1.79. The number of fused-ring (bicyclic) bond motifs is 1. The van der Waals surface area contributed by atoms with Gasteiger partial charge in [-0.2, -0.15) is 0 Å². The number of carbonyl (C=O) groups is 1. The van der Waals surface area contributed by atoms with Crippen molar-refractivity contribution in [3.8, 4) is 0 Å². The van der Waals surface area contributed by atoms with Crippen molar-refractivity contribution in [2.45, 2.75) is 36.5 Å². The number of ketones is 1. The number of piperidine rings is 1. The minimum absolute atomic E-state index is 0.0281. The van der Waals surface area contributed by atoms with Gasteiger partial charge in [0.2, 0.25) is 0 Å². The van der Waals surface area contributed by atoms with Crippen LogP contribution in [0.5, 0.6) is 0 Å². The van der Waals surface area contributed by atoms with Gasteiger partial charge in [0.1, 0.15) is 5.78 Å². The van der Waals surface area contributed by atoms with Gasteiger partial charge in [-0.1, -0.05) is 30.3 Å². The van der Waals surface area contributed by atoms with E-state index >= 15 is 0 Å². The first kappa shape index (κ1) is 21.3. The summed E-state index contributed by atoms with van der Waals surface area (Å²) < 4.78 is 25.6. The minimum Gasteiger partial charge on any atom is -0.317 e. The van der Waals surface area contributed by atoms with Crippen LogP contribution in [0.25, 0.3) is 10.8 Å². The highest BCUT2D eigenvalue weighted by Gasteiger charge is 2.43. The van der Waals surface area contributed by atoms with E-state index in [1.54, 1.807) is 18.3 Å². The van der Waals surface area contributed by atoms with Crippen LogP contribution in [0, 0.1) is 11.8 Å². The van der Waals surface area contributed by atoms with Crippen molar-refractivity contribution < 1.29 is 13.2 Å². The lowest BCUT2D eigenvalue weighted by Crippen LogP contribution is -2.31. The molecule has 0 bridgehead atoms. The molecule has 2 fully saturated rings. The van der Waals surface area contributed by atoms with Gasteiger partial charge < -0.3 is 5.32 Å². The summed E-state index contributed by atoms with van der Waals surface area (Å²) in [6.07, 6.45) is 6.70. The van der Waals surface area contributed by atoms with Crippen LogP contribution >= 0.6 is 0 Å². The Morgan fingerprint density at radius 3 is 2.56 bits per heavy atom. The van der Waals surface area contributed by atoms with E-state index in [-0.39, 0.29) is 29.3 Å². The summed E-state index contributed by atoms with van der Waals surface area (Å²) in [7, 11) is -3.27. The Kier molecular flexibility index (Phi) is 5.82. The molecule has 2 aliphatic rings. The second-order valence-electron chi connectivity index (χ2n) is 9.19. The fraction of sp³-hybridized carbons (Fsp3) is 0.385. The van der Waals surface area contributed by atoms with Crippen molar-refractivity contribution in [1.29, 1.82) is 0 Å². The molecule has 1 aliphatic carbocycles. The number of hydrogen-bond acceptors (Lipinski definition) is 5. The van der Waals surface area contributed by atoms with Gasteiger partial charge in [0, 0.05) is 30.1 Å². The Morgan fingerprint density at radius 2 is 1.78 bits per heavy atom. The van der Waals surface area contributed by atoms with Gasteiger partial charge in [-0.3, -0.25) is 9.78 Å². The molecule has 2 atom stereocenters. The number of Topliss-reactive ketones (excluding diaryl/α,β-unsaturated/α-hetero) is 1. The molecule has 0 radical (unpaired) electrons. The number of nitrogens with zero attached hydrogens (tertiary/aromatic N) is 1. The molecule has 1 aliphatic heterocycles. The van der Waals surface area contributed by atoms with Gasteiger partial charge in [-0.25, -0.2) is 8.42 Å². The molecule has 0 amide bonds. The molecule has 6 heteroatoms. The van der Waals surface area contributed by atoms with Crippen molar-refractivity contribution >= 4 is 26.4 Å². The zero-order chi connectivity index (χ0) is 22.1. The summed E-state index contributed by atoms with van der Waals surface area (Å²) in [4.78, 5) is 17.4. The minimum atomic E-state index is -3.27. The summed E-state index contributed by atoms with van der Waals surface area (Å²) in [5.41, 5.74) is 2.09. The number of benzene rings is 2. The second kappa shape index (κ2) is 8.75. The highest BCUT2D eigenvalue weighted by Crippen LogP contribution is 2.48. The van der Waals surface area contributed by atoms with Gasteiger partial charge in [0.15, 0.2) is 9.84 Å². The van der Waals surface area contributed by atoms with E-state index in [4.69, 9.17) is 0 Å². The molecule has 5 rings (SSSR count). The summed E-state index contributed by atoms with van der Waals surface area (Å²) >= 11 is 0. The zero-order valence-corrected chi connectivity index (χ0v) is 18.9. The Hall–Kier alpha value is -2.57. The summed E-state index contributed by atoms with van der Waals surface area (Å²) in [5.74, 6) is 0.942. The monoisotopic (exact) mass is 448 g/mol. The van der Waals surface area contributed by atoms with Crippen LogP contribution in [-0.4, -0.2) is 38.0 Å². The van der Waals surface area contributed by atoms with Gasteiger partial charge in [0.25, 0.3) is 0 Å².